The summed E-state index contributed by atoms with van der Waals surface area (Å²) in [4.78, 5) is 61.5. The first-order chi connectivity index (χ1) is 14.5. The maximum atomic E-state index is 12.6. The summed E-state index contributed by atoms with van der Waals surface area (Å²) in [6.07, 6.45) is -2.05. The molecule has 162 valence electrons. The Labute approximate surface area is 176 Å². The fourth-order valence-corrected chi connectivity index (χ4v) is 2.86. The Hall–Kier alpha value is -3.59. The van der Waals surface area contributed by atoms with Gasteiger partial charge in [0.05, 0.1) is 17.6 Å². The molecule has 0 bridgehead atoms. The number of fused-ring (bicyclic) bond motifs is 2. The van der Waals surface area contributed by atoms with Gasteiger partial charge < -0.3 is 19.0 Å². The Bertz CT molecular complexity index is 1040. The maximum absolute atomic E-state index is 12.6. The minimum absolute atomic E-state index is 0.0473. The van der Waals surface area contributed by atoms with E-state index in [-0.39, 0.29) is 28.2 Å². The molecule has 2 aromatic rings. The van der Waals surface area contributed by atoms with Crippen LogP contribution in [0.1, 0.15) is 69.8 Å². The highest BCUT2D eigenvalue weighted by atomic mass is 16.7. The monoisotopic (exact) mass is 428 g/mol. The molecule has 1 N–H and O–H groups in total. The topological polar surface area (TPSA) is 137 Å². The lowest BCUT2D eigenvalue weighted by Crippen LogP contribution is -2.34. The fourth-order valence-electron chi connectivity index (χ4n) is 2.86. The number of furan rings is 1. The zero-order chi connectivity index (χ0) is 22.9. The van der Waals surface area contributed by atoms with Gasteiger partial charge in [-0.15, -0.1) is 0 Å². The highest BCUT2D eigenvalue weighted by molar-refractivity contribution is 6.28. The lowest BCUT2D eigenvalue weighted by atomic mass is 9.88. The molecule has 0 fully saturated rings. The highest BCUT2D eigenvalue weighted by Gasteiger charge is 2.35. The Morgan fingerprint density at radius 2 is 1.65 bits per heavy atom. The van der Waals surface area contributed by atoms with Crippen LogP contribution >= 0.6 is 0 Å². The first kappa shape index (κ1) is 22.1. The van der Waals surface area contributed by atoms with Crippen molar-refractivity contribution in [1.29, 1.82) is 0 Å². The van der Waals surface area contributed by atoms with E-state index in [4.69, 9.17) is 19.0 Å². The van der Waals surface area contributed by atoms with Crippen LogP contribution in [0, 0.1) is 5.41 Å². The van der Waals surface area contributed by atoms with E-state index < -0.39 is 54.0 Å². The standard InChI is InChI=1S/C22H20O9/c1-11(30-21(28)22(2,3)10-23)29-17(25)9-15(24)16-8-14-18(26)12-6-4-5-7-13(12)19(27)20(14)31-16/h4-8,11,23H,9-10H2,1-3H3. The highest BCUT2D eigenvalue weighted by Crippen LogP contribution is 2.30. The second-order valence-electron chi connectivity index (χ2n) is 7.66. The zero-order valence-electron chi connectivity index (χ0n) is 17.1. The van der Waals surface area contributed by atoms with E-state index in [2.05, 4.69) is 0 Å². The molecule has 3 rings (SSSR count). The van der Waals surface area contributed by atoms with Crippen LogP contribution in [-0.4, -0.2) is 47.3 Å². The first-order valence-electron chi connectivity index (χ1n) is 9.42. The second kappa shape index (κ2) is 8.27. The average molecular weight is 428 g/mol. The van der Waals surface area contributed by atoms with Gasteiger partial charge in [0, 0.05) is 18.1 Å². The molecule has 1 aromatic heterocycles. The third-order valence-electron chi connectivity index (χ3n) is 4.70. The SMILES string of the molecule is CC(OC(=O)CC(=O)c1cc2c(o1)C(=O)c1ccccc1C2=O)OC(=O)C(C)(C)CO. The number of aliphatic hydroxyl groups excluding tert-OH is 1. The molecule has 1 unspecified atom stereocenters. The molecule has 0 radical (unpaired) electrons. The van der Waals surface area contributed by atoms with Gasteiger partial charge in [-0.1, -0.05) is 24.3 Å². The number of ketones is 3. The van der Waals surface area contributed by atoms with Crippen LogP contribution in [0.3, 0.4) is 0 Å². The van der Waals surface area contributed by atoms with E-state index in [1.54, 1.807) is 12.1 Å². The Balaban J connectivity index is 1.67. The molecule has 31 heavy (non-hydrogen) atoms. The molecule has 1 heterocycles. The molecule has 1 aliphatic carbocycles. The van der Waals surface area contributed by atoms with Crippen molar-refractivity contribution in [3.63, 3.8) is 0 Å². The summed E-state index contributed by atoms with van der Waals surface area (Å²) in [5.74, 6) is -4.16. The molecular weight excluding hydrogens is 408 g/mol. The van der Waals surface area contributed by atoms with Crippen molar-refractivity contribution in [3.8, 4) is 0 Å². The molecule has 0 amide bonds. The molecule has 1 aliphatic rings. The van der Waals surface area contributed by atoms with Crippen LogP contribution in [0.2, 0.25) is 0 Å². The summed E-state index contributed by atoms with van der Waals surface area (Å²) in [6, 6.07) is 7.35. The predicted octanol–water partition coefficient (Wildman–Crippen LogP) is 2.08. The number of Topliss-reactive ketones (excluding diaryl/α,β-unsaturated/α-hetero) is 1. The van der Waals surface area contributed by atoms with Gasteiger partial charge in [-0.05, 0) is 19.9 Å². The average Bonchev–Trinajstić information content (AvgIpc) is 3.18. The first-order valence-corrected chi connectivity index (χ1v) is 9.42. The van der Waals surface area contributed by atoms with E-state index in [1.165, 1.54) is 32.9 Å². The maximum Gasteiger partial charge on any atom is 0.316 e. The minimum atomic E-state index is -1.29. The van der Waals surface area contributed by atoms with Gasteiger partial charge in [-0.25, -0.2) is 0 Å². The second-order valence-corrected chi connectivity index (χ2v) is 7.66. The van der Waals surface area contributed by atoms with Gasteiger partial charge in [0.2, 0.25) is 17.9 Å². The largest absolute Gasteiger partial charge is 0.449 e. The summed E-state index contributed by atoms with van der Waals surface area (Å²) in [6.45, 7) is 3.73. The van der Waals surface area contributed by atoms with E-state index in [0.29, 0.717) is 0 Å². The van der Waals surface area contributed by atoms with Crippen molar-refractivity contribution in [2.24, 2.45) is 5.41 Å². The third kappa shape index (κ3) is 4.31. The van der Waals surface area contributed by atoms with Crippen LogP contribution < -0.4 is 0 Å². The van der Waals surface area contributed by atoms with Gasteiger partial charge in [0.1, 0.15) is 6.42 Å². The molecule has 1 atom stereocenters. The van der Waals surface area contributed by atoms with Crippen molar-refractivity contribution in [1.82, 2.24) is 0 Å². The van der Waals surface area contributed by atoms with Crippen LogP contribution in [0.15, 0.2) is 34.7 Å². The van der Waals surface area contributed by atoms with Crippen molar-refractivity contribution in [2.45, 2.75) is 33.5 Å². The number of ether oxygens (including phenoxy) is 2. The summed E-state index contributed by atoms with van der Waals surface area (Å²) < 4.78 is 15.1. The van der Waals surface area contributed by atoms with Gasteiger partial charge >= 0.3 is 11.9 Å². The third-order valence-corrected chi connectivity index (χ3v) is 4.70. The van der Waals surface area contributed by atoms with E-state index >= 15 is 0 Å². The van der Waals surface area contributed by atoms with Crippen molar-refractivity contribution in [2.75, 3.05) is 6.61 Å². The molecule has 1 aromatic carbocycles. The Kier molecular flexibility index (Phi) is 5.90. The molecular formula is C22H20O9. The number of aliphatic hydroxyl groups is 1. The zero-order valence-corrected chi connectivity index (χ0v) is 17.1. The summed E-state index contributed by atoms with van der Waals surface area (Å²) in [7, 11) is 0. The van der Waals surface area contributed by atoms with Gasteiger partial charge in [0.25, 0.3) is 0 Å². The van der Waals surface area contributed by atoms with Crippen molar-refractivity contribution < 1.29 is 43.0 Å². The number of esters is 2. The molecule has 0 aliphatic heterocycles. The Morgan fingerprint density at radius 3 is 2.26 bits per heavy atom. The molecule has 0 spiro atoms. The fraction of sp³-hybridized carbons (Fsp3) is 0.318. The number of rotatable bonds is 7. The van der Waals surface area contributed by atoms with Crippen molar-refractivity contribution in [3.05, 3.63) is 58.5 Å². The lowest BCUT2D eigenvalue weighted by molar-refractivity contribution is -0.191. The van der Waals surface area contributed by atoms with E-state index in [1.807, 2.05) is 0 Å². The van der Waals surface area contributed by atoms with Gasteiger partial charge in [-0.3, -0.25) is 24.0 Å². The van der Waals surface area contributed by atoms with Gasteiger partial charge in [-0.2, -0.15) is 0 Å². The molecule has 9 nitrogen and oxygen atoms in total. The number of hydrogen-bond acceptors (Lipinski definition) is 9. The smallest absolute Gasteiger partial charge is 0.316 e. The van der Waals surface area contributed by atoms with Crippen LogP contribution in [0.5, 0.6) is 0 Å². The van der Waals surface area contributed by atoms with Crippen LogP contribution in [0.25, 0.3) is 0 Å². The molecule has 9 heteroatoms. The van der Waals surface area contributed by atoms with Crippen LogP contribution in [0.4, 0.5) is 0 Å². The summed E-state index contributed by atoms with van der Waals surface area (Å²) in [5.41, 5.74) is -0.843. The minimum Gasteiger partial charge on any atom is -0.449 e. The quantitative estimate of drug-likeness (QED) is 0.259. The predicted molar refractivity (Wildman–Crippen MR) is 103 cm³/mol. The van der Waals surface area contributed by atoms with E-state index in [9.17, 15) is 24.0 Å². The number of hydrogen-bond donors (Lipinski definition) is 1. The Morgan fingerprint density at radius 1 is 1.03 bits per heavy atom. The van der Waals surface area contributed by atoms with Crippen LogP contribution in [-0.2, 0) is 19.1 Å². The normalized spacial score (nSPS) is 13.8. The number of carbonyl (C=O) groups is 5. The molecule has 0 saturated carbocycles. The summed E-state index contributed by atoms with van der Waals surface area (Å²) >= 11 is 0. The lowest BCUT2D eigenvalue weighted by Gasteiger charge is -2.22. The molecule has 0 saturated heterocycles. The van der Waals surface area contributed by atoms with Crippen molar-refractivity contribution >= 4 is 29.3 Å². The number of benzene rings is 1. The van der Waals surface area contributed by atoms with E-state index in [0.717, 1.165) is 6.07 Å². The summed E-state index contributed by atoms with van der Waals surface area (Å²) in [5, 5.41) is 9.16. The number of carbonyl (C=O) groups excluding carboxylic acids is 5. The van der Waals surface area contributed by atoms with Gasteiger partial charge in [0.15, 0.2) is 17.3 Å².